The lowest BCUT2D eigenvalue weighted by atomic mass is 10.1. The number of fused-ring (bicyclic) bond motifs is 3. The molecule has 2 aromatic carbocycles. The van der Waals surface area contributed by atoms with Crippen LogP contribution in [0, 0.1) is 12.7 Å². The number of amides is 1. The monoisotopic (exact) mass is 446 g/mol. The third kappa shape index (κ3) is 3.42. The summed E-state index contributed by atoms with van der Waals surface area (Å²) in [5, 5.41) is 5.39. The Morgan fingerprint density at radius 1 is 1.12 bits per heavy atom. The molecule has 2 aliphatic heterocycles. The maximum Gasteiger partial charge on any atom is 0.417 e. The second-order valence-electron chi connectivity index (χ2n) is 8.04. The number of ether oxygens (including phenoxy) is 3. The summed E-state index contributed by atoms with van der Waals surface area (Å²) in [5.74, 6) is 1.27. The van der Waals surface area contributed by atoms with Gasteiger partial charge in [0, 0.05) is 10.9 Å². The van der Waals surface area contributed by atoms with Crippen LogP contribution in [0.3, 0.4) is 0 Å². The molecule has 4 heterocycles. The van der Waals surface area contributed by atoms with Crippen molar-refractivity contribution in [1.29, 1.82) is 0 Å². The molecular weight excluding hydrogens is 427 g/mol. The number of halogens is 1. The summed E-state index contributed by atoms with van der Waals surface area (Å²) in [6.45, 7) is 2.88. The number of nitrogens with zero attached hydrogens (tertiary/aromatic N) is 4. The summed E-state index contributed by atoms with van der Waals surface area (Å²) in [5.41, 5.74) is 2.76. The normalized spacial score (nSPS) is 17.1. The molecule has 0 bridgehead atoms. The molecule has 0 unspecified atom stereocenters. The Balaban J connectivity index is 1.28. The lowest BCUT2D eigenvalue weighted by Gasteiger charge is -2.32. The van der Waals surface area contributed by atoms with Crippen molar-refractivity contribution in [1.82, 2.24) is 19.7 Å². The van der Waals surface area contributed by atoms with Crippen LogP contribution in [0.15, 0.2) is 54.6 Å². The Kier molecular flexibility index (Phi) is 4.42. The molecule has 1 atom stereocenters. The first-order valence-corrected chi connectivity index (χ1v) is 10.6. The van der Waals surface area contributed by atoms with Gasteiger partial charge in [-0.1, -0.05) is 12.1 Å². The van der Waals surface area contributed by atoms with Crippen LogP contribution >= 0.6 is 0 Å². The Bertz CT molecular complexity index is 1390. The van der Waals surface area contributed by atoms with Crippen molar-refractivity contribution >= 4 is 17.1 Å². The van der Waals surface area contributed by atoms with Crippen LogP contribution in [0.2, 0.25) is 0 Å². The lowest BCUT2D eigenvalue weighted by Crippen LogP contribution is -2.46. The van der Waals surface area contributed by atoms with Crippen LogP contribution in [-0.2, 0) is 6.54 Å². The number of aryl methyl sites for hydroxylation is 1. The highest BCUT2D eigenvalue weighted by molar-refractivity contribution is 5.83. The van der Waals surface area contributed by atoms with Gasteiger partial charge in [-0.15, -0.1) is 0 Å². The van der Waals surface area contributed by atoms with Crippen LogP contribution in [-0.4, -0.2) is 45.0 Å². The Hall–Kier alpha value is -4.14. The summed E-state index contributed by atoms with van der Waals surface area (Å²) < 4.78 is 32.3. The standard InChI is InChI=1S/C24H19FN4O4/c1-14-19-10-15-11-28(12-18-13-31-20-4-2-3-5-21(20)32-18)24(30)33-23(15)26-22(19)29(27-14)17-8-6-16(25)7-9-17/h2-10,18H,11-13H2,1H3/t18-/m1/s1. The second kappa shape index (κ2) is 7.47. The van der Waals surface area contributed by atoms with Crippen molar-refractivity contribution in [3.05, 3.63) is 71.7 Å². The van der Waals surface area contributed by atoms with E-state index in [0.29, 0.717) is 42.5 Å². The smallest absolute Gasteiger partial charge is 0.417 e. The summed E-state index contributed by atoms with van der Waals surface area (Å²) in [4.78, 5) is 18.9. The number of hydrogen-bond acceptors (Lipinski definition) is 6. The highest BCUT2D eigenvalue weighted by Gasteiger charge is 2.32. The Morgan fingerprint density at radius 3 is 2.73 bits per heavy atom. The molecular formula is C24H19FN4O4. The van der Waals surface area contributed by atoms with E-state index in [1.165, 1.54) is 12.1 Å². The zero-order valence-corrected chi connectivity index (χ0v) is 17.7. The minimum atomic E-state index is -0.499. The zero-order valence-electron chi connectivity index (χ0n) is 17.7. The average Bonchev–Trinajstić information content (AvgIpc) is 3.14. The van der Waals surface area contributed by atoms with Gasteiger partial charge in [0.2, 0.25) is 5.88 Å². The van der Waals surface area contributed by atoms with Gasteiger partial charge in [-0.05, 0) is 49.4 Å². The van der Waals surface area contributed by atoms with Crippen molar-refractivity contribution in [2.45, 2.75) is 19.6 Å². The van der Waals surface area contributed by atoms with Crippen LogP contribution < -0.4 is 14.2 Å². The zero-order chi connectivity index (χ0) is 22.5. The maximum absolute atomic E-state index is 13.3. The number of rotatable bonds is 3. The molecule has 33 heavy (non-hydrogen) atoms. The third-order valence-corrected chi connectivity index (χ3v) is 5.75. The van der Waals surface area contributed by atoms with Gasteiger partial charge in [0.25, 0.3) is 0 Å². The molecule has 0 aliphatic carbocycles. The predicted octanol–water partition coefficient (Wildman–Crippen LogP) is 4.02. The minimum absolute atomic E-state index is 0.248. The van der Waals surface area contributed by atoms with Crippen molar-refractivity contribution in [3.63, 3.8) is 0 Å². The van der Waals surface area contributed by atoms with E-state index in [0.717, 1.165) is 16.6 Å². The molecule has 1 amide bonds. The van der Waals surface area contributed by atoms with Gasteiger partial charge in [0.05, 0.1) is 24.5 Å². The van der Waals surface area contributed by atoms with Crippen molar-refractivity contribution in [2.75, 3.05) is 13.2 Å². The number of pyridine rings is 1. The van der Waals surface area contributed by atoms with E-state index in [1.54, 1.807) is 21.7 Å². The summed E-state index contributed by atoms with van der Waals surface area (Å²) >= 11 is 0. The van der Waals surface area contributed by atoms with Crippen LogP contribution in [0.25, 0.3) is 16.7 Å². The number of hydrogen-bond donors (Lipinski definition) is 0. The van der Waals surface area contributed by atoms with Crippen molar-refractivity contribution in [2.24, 2.45) is 0 Å². The highest BCUT2D eigenvalue weighted by atomic mass is 19.1. The predicted molar refractivity (Wildman–Crippen MR) is 116 cm³/mol. The van der Waals surface area contributed by atoms with E-state index in [9.17, 15) is 9.18 Å². The van der Waals surface area contributed by atoms with E-state index in [-0.39, 0.29) is 17.8 Å². The quantitative estimate of drug-likeness (QED) is 0.473. The summed E-state index contributed by atoms with van der Waals surface area (Å²) in [7, 11) is 0. The van der Waals surface area contributed by atoms with Crippen LogP contribution in [0.5, 0.6) is 17.4 Å². The highest BCUT2D eigenvalue weighted by Crippen LogP contribution is 2.33. The number of para-hydroxylation sites is 2. The fourth-order valence-corrected chi connectivity index (χ4v) is 4.13. The molecule has 2 aromatic heterocycles. The van der Waals surface area contributed by atoms with Gasteiger partial charge in [0.15, 0.2) is 23.3 Å². The first-order valence-electron chi connectivity index (χ1n) is 10.6. The Morgan fingerprint density at radius 2 is 1.91 bits per heavy atom. The van der Waals surface area contributed by atoms with E-state index in [1.807, 2.05) is 37.3 Å². The molecule has 0 N–H and O–H groups in total. The molecule has 0 spiro atoms. The fourth-order valence-electron chi connectivity index (χ4n) is 4.13. The molecule has 0 saturated heterocycles. The first kappa shape index (κ1) is 19.5. The molecule has 2 aliphatic rings. The number of carbonyl (C=O) groups is 1. The van der Waals surface area contributed by atoms with Gasteiger partial charge in [0.1, 0.15) is 12.4 Å². The van der Waals surface area contributed by atoms with E-state index in [4.69, 9.17) is 14.2 Å². The molecule has 4 aromatic rings. The van der Waals surface area contributed by atoms with Gasteiger partial charge in [-0.2, -0.15) is 10.1 Å². The van der Waals surface area contributed by atoms with Gasteiger partial charge >= 0.3 is 6.09 Å². The van der Waals surface area contributed by atoms with Crippen molar-refractivity contribution in [3.8, 4) is 23.1 Å². The van der Waals surface area contributed by atoms with Crippen LogP contribution in [0.1, 0.15) is 11.3 Å². The lowest BCUT2D eigenvalue weighted by molar-refractivity contribution is 0.0528. The van der Waals surface area contributed by atoms with E-state index in [2.05, 4.69) is 10.1 Å². The molecule has 8 nitrogen and oxygen atoms in total. The van der Waals surface area contributed by atoms with E-state index >= 15 is 0 Å². The van der Waals surface area contributed by atoms with Gasteiger partial charge in [-0.3, -0.25) is 4.90 Å². The number of benzene rings is 2. The summed E-state index contributed by atoms with van der Waals surface area (Å²) in [6, 6.07) is 15.4. The van der Waals surface area contributed by atoms with Crippen LogP contribution in [0.4, 0.5) is 9.18 Å². The van der Waals surface area contributed by atoms with E-state index < -0.39 is 6.09 Å². The SMILES string of the molecule is Cc1nn(-c2ccc(F)cc2)c2nc3c(cc12)CN(C[C@@H]1COc2ccccc2O1)C(=O)O3. The molecule has 0 radical (unpaired) electrons. The second-order valence-corrected chi connectivity index (χ2v) is 8.04. The molecule has 166 valence electrons. The molecule has 0 saturated carbocycles. The average molecular weight is 446 g/mol. The number of aromatic nitrogens is 3. The van der Waals surface area contributed by atoms with Gasteiger partial charge < -0.3 is 14.2 Å². The topological polar surface area (TPSA) is 78.7 Å². The fraction of sp³-hybridized carbons (Fsp3) is 0.208. The minimum Gasteiger partial charge on any atom is -0.486 e. The molecule has 9 heteroatoms. The Labute approximate surface area is 188 Å². The molecule has 0 fully saturated rings. The third-order valence-electron chi connectivity index (χ3n) is 5.75. The van der Waals surface area contributed by atoms with Gasteiger partial charge in [-0.25, -0.2) is 13.9 Å². The number of carbonyl (C=O) groups excluding carboxylic acids is 1. The maximum atomic E-state index is 13.3. The first-order chi connectivity index (χ1) is 16.0. The largest absolute Gasteiger partial charge is 0.486 e. The van der Waals surface area contributed by atoms with Crippen molar-refractivity contribution < 1.29 is 23.4 Å². The molecule has 6 rings (SSSR count). The summed E-state index contributed by atoms with van der Waals surface area (Å²) in [6.07, 6.45) is -0.810.